The monoisotopic (exact) mass is 421 g/mol. The Bertz CT molecular complexity index is 931. The lowest BCUT2D eigenvalue weighted by Crippen LogP contribution is -2.53. The molecule has 2 bridgehead atoms. The van der Waals surface area contributed by atoms with Gasteiger partial charge >= 0.3 is 0 Å². The number of rotatable bonds is 5. The molecule has 1 aromatic rings. The fraction of sp³-hybridized carbons (Fsp3) is 0.350. The molecule has 8 nitrogen and oxygen atoms in total. The molecular formula is C20H21F2N3O5. The number of benzene rings is 1. The van der Waals surface area contributed by atoms with Crippen molar-refractivity contribution >= 4 is 18.1 Å². The molecule has 0 saturated carbocycles. The summed E-state index contributed by atoms with van der Waals surface area (Å²) in [5.74, 6) is -3.35. The molecule has 2 amide bonds. The Morgan fingerprint density at radius 2 is 2.17 bits per heavy atom. The van der Waals surface area contributed by atoms with Crippen molar-refractivity contribution in [2.24, 2.45) is 0 Å². The Morgan fingerprint density at radius 1 is 1.40 bits per heavy atom. The minimum Gasteiger partial charge on any atom is -0.503 e. The Morgan fingerprint density at radius 3 is 2.87 bits per heavy atom. The second-order valence-electron chi connectivity index (χ2n) is 6.97. The Labute approximate surface area is 171 Å². The summed E-state index contributed by atoms with van der Waals surface area (Å²) in [5.41, 5.74) is 0.0281. The molecule has 10 heteroatoms. The van der Waals surface area contributed by atoms with Gasteiger partial charge in [-0.15, -0.1) is 0 Å². The zero-order valence-electron chi connectivity index (χ0n) is 16.2. The Balaban J connectivity index is 1.81. The molecule has 0 aliphatic carbocycles. The van der Waals surface area contributed by atoms with Gasteiger partial charge in [-0.3, -0.25) is 14.4 Å². The fourth-order valence-corrected chi connectivity index (χ4v) is 3.30. The number of amides is 2. The minimum absolute atomic E-state index is 0.109. The first kappa shape index (κ1) is 21.4. The number of carbonyl (C=O) groups is 3. The zero-order chi connectivity index (χ0) is 21.8. The van der Waals surface area contributed by atoms with Gasteiger partial charge in [0, 0.05) is 43.0 Å². The van der Waals surface area contributed by atoms with Gasteiger partial charge in [-0.05, 0) is 13.0 Å². The van der Waals surface area contributed by atoms with Crippen LogP contribution in [0, 0.1) is 11.6 Å². The third-order valence-electron chi connectivity index (χ3n) is 4.89. The summed E-state index contributed by atoms with van der Waals surface area (Å²) in [6, 6.07) is 2.64. The topological polar surface area (TPSA) is 99.2 Å². The van der Waals surface area contributed by atoms with Crippen LogP contribution < -0.4 is 5.32 Å². The molecule has 2 fully saturated rings. The second kappa shape index (κ2) is 9.04. The number of nitrogens with one attached hydrogen (secondary N) is 1. The van der Waals surface area contributed by atoms with Gasteiger partial charge in [0.1, 0.15) is 11.6 Å². The standard InChI is InChI=1S/C20H21F2N3O5/c1-12(19(28)23-7-13-2-3-14(21)6-16(13)22)8-25-15-9-24(4-5-30-11-15)20(29)18(25)17(27)10-26/h2-3,6,8,10,15,27H,4-5,7,9,11H2,1H3,(H,23,28)/b12-8+,18-17+. The summed E-state index contributed by atoms with van der Waals surface area (Å²) in [5, 5.41) is 12.5. The summed E-state index contributed by atoms with van der Waals surface area (Å²) in [6.45, 7) is 2.48. The fourth-order valence-electron chi connectivity index (χ4n) is 3.30. The van der Waals surface area contributed by atoms with Crippen LogP contribution in [0.2, 0.25) is 0 Å². The van der Waals surface area contributed by atoms with E-state index in [0.717, 1.165) is 12.1 Å². The molecule has 2 heterocycles. The van der Waals surface area contributed by atoms with Crippen molar-refractivity contribution in [2.45, 2.75) is 19.5 Å². The molecule has 160 valence electrons. The van der Waals surface area contributed by atoms with Crippen LogP contribution >= 0.6 is 0 Å². The largest absolute Gasteiger partial charge is 0.503 e. The van der Waals surface area contributed by atoms with Crippen LogP contribution in [0.5, 0.6) is 0 Å². The number of hydrogen-bond donors (Lipinski definition) is 2. The lowest BCUT2D eigenvalue weighted by atomic mass is 10.1. The third-order valence-corrected chi connectivity index (χ3v) is 4.89. The van der Waals surface area contributed by atoms with Crippen LogP contribution in [0.1, 0.15) is 12.5 Å². The summed E-state index contributed by atoms with van der Waals surface area (Å²) >= 11 is 0. The highest BCUT2D eigenvalue weighted by Crippen LogP contribution is 2.25. The number of aliphatic hydroxyl groups is 1. The number of ether oxygens (including phenoxy) is 1. The highest BCUT2D eigenvalue weighted by molar-refractivity contribution is 5.99. The van der Waals surface area contributed by atoms with E-state index < -0.39 is 35.2 Å². The van der Waals surface area contributed by atoms with Gasteiger partial charge in [0.25, 0.3) is 5.91 Å². The molecule has 0 spiro atoms. The molecule has 2 saturated heterocycles. The number of aldehydes is 1. The molecule has 0 aromatic heterocycles. The van der Waals surface area contributed by atoms with Crippen LogP contribution in [-0.2, 0) is 25.7 Å². The summed E-state index contributed by atoms with van der Waals surface area (Å²) in [6.07, 6.45) is 1.51. The summed E-state index contributed by atoms with van der Waals surface area (Å²) in [7, 11) is 0. The number of hydrogen-bond acceptors (Lipinski definition) is 6. The maximum Gasteiger partial charge on any atom is 0.274 e. The first-order chi connectivity index (χ1) is 14.3. The van der Waals surface area contributed by atoms with Crippen molar-refractivity contribution in [3.63, 3.8) is 0 Å². The van der Waals surface area contributed by atoms with Crippen molar-refractivity contribution in [3.8, 4) is 0 Å². The van der Waals surface area contributed by atoms with Crippen molar-refractivity contribution in [3.05, 3.63) is 58.6 Å². The van der Waals surface area contributed by atoms with Gasteiger partial charge in [-0.2, -0.15) is 0 Å². The number of carbonyl (C=O) groups excluding carboxylic acids is 3. The first-order valence-electron chi connectivity index (χ1n) is 9.26. The number of fused-ring (bicyclic) bond motifs is 2. The van der Waals surface area contributed by atoms with Crippen LogP contribution in [0.25, 0.3) is 0 Å². The molecule has 30 heavy (non-hydrogen) atoms. The van der Waals surface area contributed by atoms with E-state index >= 15 is 0 Å². The first-order valence-corrected chi connectivity index (χ1v) is 9.26. The quantitative estimate of drug-likeness (QED) is 0.418. The van der Waals surface area contributed by atoms with Crippen LogP contribution in [0.15, 0.2) is 41.4 Å². The smallest absolute Gasteiger partial charge is 0.274 e. The SMILES string of the molecule is C/C(=C\N1/C(=C(/O)C=O)C(=O)N2CCOCC1C2)C(=O)NCc1ccc(F)cc1F. The average Bonchev–Trinajstić information content (AvgIpc) is 2.95. The number of aliphatic hydroxyl groups excluding tert-OH is 1. The second-order valence-corrected chi connectivity index (χ2v) is 6.97. The average molecular weight is 421 g/mol. The summed E-state index contributed by atoms with van der Waals surface area (Å²) in [4.78, 5) is 39.1. The third kappa shape index (κ3) is 4.48. The van der Waals surface area contributed by atoms with Gasteiger partial charge in [0.15, 0.2) is 17.7 Å². The molecule has 2 aliphatic heterocycles. The highest BCUT2D eigenvalue weighted by Gasteiger charge is 2.39. The number of nitrogens with zero attached hydrogens (tertiary/aromatic N) is 2. The zero-order valence-corrected chi connectivity index (χ0v) is 16.2. The molecule has 1 unspecified atom stereocenters. The minimum atomic E-state index is -0.782. The van der Waals surface area contributed by atoms with Gasteiger partial charge in [-0.1, -0.05) is 6.07 Å². The van der Waals surface area contributed by atoms with Gasteiger partial charge < -0.3 is 25.0 Å². The van der Waals surface area contributed by atoms with E-state index in [1.165, 1.54) is 29.0 Å². The van der Waals surface area contributed by atoms with E-state index in [4.69, 9.17) is 4.74 Å². The number of allylic oxidation sites excluding steroid dienone is 1. The van der Waals surface area contributed by atoms with Crippen molar-refractivity contribution in [2.75, 3.05) is 26.3 Å². The van der Waals surface area contributed by atoms with Crippen LogP contribution in [0.4, 0.5) is 8.78 Å². The highest BCUT2D eigenvalue weighted by atomic mass is 19.1. The molecule has 1 aromatic carbocycles. The predicted octanol–water partition coefficient (Wildman–Crippen LogP) is 0.996. The lowest BCUT2D eigenvalue weighted by Gasteiger charge is -2.39. The van der Waals surface area contributed by atoms with Gasteiger partial charge in [0.2, 0.25) is 5.91 Å². The molecule has 2 N–H and O–H groups in total. The maximum absolute atomic E-state index is 13.7. The Hall–Kier alpha value is -3.27. The Kier molecular flexibility index (Phi) is 6.46. The van der Waals surface area contributed by atoms with Gasteiger partial charge in [-0.25, -0.2) is 8.78 Å². The molecule has 1 atom stereocenters. The molecular weight excluding hydrogens is 400 g/mol. The van der Waals surface area contributed by atoms with Gasteiger partial charge in [0.05, 0.1) is 19.3 Å². The normalized spacial score (nSPS) is 21.2. The van der Waals surface area contributed by atoms with Crippen LogP contribution in [0.3, 0.4) is 0 Å². The van der Waals surface area contributed by atoms with Crippen molar-refractivity contribution in [1.29, 1.82) is 0 Å². The van der Waals surface area contributed by atoms with E-state index in [1.807, 2.05) is 0 Å². The van der Waals surface area contributed by atoms with Crippen LogP contribution in [-0.4, -0.2) is 65.4 Å². The molecule has 2 aliphatic rings. The van der Waals surface area contributed by atoms with E-state index in [0.29, 0.717) is 19.7 Å². The van der Waals surface area contributed by atoms with E-state index in [2.05, 4.69) is 5.32 Å². The predicted molar refractivity (Wildman–Crippen MR) is 101 cm³/mol. The molecule has 3 rings (SSSR count). The van der Waals surface area contributed by atoms with Crippen molar-refractivity contribution in [1.82, 2.24) is 15.1 Å². The lowest BCUT2D eigenvalue weighted by molar-refractivity contribution is -0.132. The number of piperazine rings is 1. The van der Waals surface area contributed by atoms with E-state index in [9.17, 15) is 28.3 Å². The number of halogens is 2. The van der Waals surface area contributed by atoms with Crippen molar-refractivity contribution < 1.29 is 33.0 Å². The summed E-state index contributed by atoms with van der Waals surface area (Å²) < 4.78 is 32.2. The maximum atomic E-state index is 13.7. The van der Waals surface area contributed by atoms with E-state index in [1.54, 1.807) is 0 Å². The molecule has 0 radical (unpaired) electrons. The van der Waals surface area contributed by atoms with E-state index in [-0.39, 0.29) is 36.3 Å².